The Hall–Kier alpha value is -1.35. The Balaban J connectivity index is 2.60. The number of hydrogen-bond donors (Lipinski definition) is 2. The molecule has 3 N–H and O–H groups in total. The lowest BCUT2D eigenvalue weighted by molar-refractivity contribution is -0.121. The summed E-state index contributed by atoms with van der Waals surface area (Å²) in [4.78, 5) is 11.6. The van der Waals surface area contributed by atoms with Crippen molar-refractivity contribution in [3.63, 3.8) is 0 Å². The van der Waals surface area contributed by atoms with Gasteiger partial charge in [-0.2, -0.15) is 0 Å². The number of nitrogens with one attached hydrogen (secondary N) is 1. The predicted octanol–water partition coefficient (Wildman–Crippen LogP) is 2.13. The van der Waals surface area contributed by atoms with E-state index in [-0.39, 0.29) is 11.3 Å². The van der Waals surface area contributed by atoms with Crippen molar-refractivity contribution in [2.24, 2.45) is 5.73 Å². The minimum Gasteiger partial charge on any atom is -0.355 e. The number of benzene rings is 1. The first-order valence-electron chi connectivity index (χ1n) is 6.50. The van der Waals surface area contributed by atoms with Crippen LogP contribution in [0.15, 0.2) is 24.3 Å². The Bertz CT molecular complexity index is 399. The monoisotopic (exact) mass is 248 g/mol. The highest BCUT2D eigenvalue weighted by Gasteiger charge is 2.22. The second kappa shape index (κ2) is 6.55. The molecule has 0 aliphatic carbocycles. The van der Waals surface area contributed by atoms with E-state index < -0.39 is 0 Å². The molecular weight excluding hydrogens is 224 g/mol. The Morgan fingerprint density at radius 3 is 2.61 bits per heavy atom. The third-order valence-electron chi connectivity index (χ3n) is 3.21. The van der Waals surface area contributed by atoms with Gasteiger partial charge in [0.1, 0.15) is 0 Å². The van der Waals surface area contributed by atoms with Gasteiger partial charge in [0.15, 0.2) is 0 Å². The third-order valence-corrected chi connectivity index (χ3v) is 3.21. The van der Waals surface area contributed by atoms with Gasteiger partial charge in [0.05, 0.1) is 0 Å². The van der Waals surface area contributed by atoms with Crippen molar-refractivity contribution in [1.29, 1.82) is 0 Å². The summed E-state index contributed by atoms with van der Waals surface area (Å²) in [7, 11) is 0. The zero-order chi connectivity index (χ0) is 13.6. The van der Waals surface area contributed by atoms with Crippen LogP contribution >= 0.6 is 0 Å². The van der Waals surface area contributed by atoms with Crippen LogP contribution in [0.3, 0.4) is 0 Å². The van der Waals surface area contributed by atoms with Gasteiger partial charge in [-0.3, -0.25) is 4.79 Å². The molecule has 3 heteroatoms. The average molecular weight is 248 g/mol. The first-order chi connectivity index (χ1) is 8.47. The molecule has 0 saturated carbocycles. The molecule has 0 aliphatic heterocycles. The SMILES string of the molecule is Cc1ccccc1C(C)(C)CNC(=O)CCCN. The number of nitrogens with two attached hydrogens (primary N) is 1. The van der Waals surface area contributed by atoms with Gasteiger partial charge in [-0.25, -0.2) is 0 Å². The summed E-state index contributed by atoms with van der Waals surface area (Å²) in [6.45, 7) is 7.63. The van der Waals surface area contributed by atoms with Crippen LogP contribution in [0.5, 0.6) is 0 Å². The first kappa shape index (κ1) is 14.7. The van der Waals surface area contributed by atoms with Gasteiger partial charge >= 0.3 is 0 Å². The highest BCUT2D eigenvalue weighted by Crippen LogP contribution is 2.25. The number of carbonyl (C=O) groups excluding carboxylic acids is 1. The lowest BCUT2D eigenvalue weighted by atomic mass is 9.82. The van der Waals surface area contributed by atoms with Gasteiger partial charge < -0.3 is 11.1 Å². The highest BCUT2D eigenvalue weighted by molar-refractivity contribution is 5.76. The smallest absolute Gasteiger partial charge is 0.220 e. The average Bonchev–Trinajstić information content (AvgIpc) is 2.34. The number of aryl methyl sites for hydroxylation is 1. The van der Waals surface area contributed by atoms with E-state index >= 15 is 0 Å². The Labute approximate surface area is 110 Å². The molecule has 1 rings (SSSR count). The van der Waals surface area contributed by atoms with E-state index in [9.17, 15) is 4.79 Å². The largest absolute Gasteiger partial charge is 0.355 e. The molecule has 3 nitrogen and oxygen atoms in total. The lowest BCUT2D eigenvalue weighted by Crippen LogP contribution is -2.37. The number of hydrogen-bond acceptors (Lipinski definition) is 2. The van der Waals surface area contributed by atoms with Crippen molar-refractivity contribution in [3.8, 4) is 0 Å². The van der Waals surface area contributed by atoms with E-state index in [1.165, 1.54) is 11.1 Å². The van der Waals surface area contributed by atoms with Crippen molar-refractivity contribution in [2.45, 2.75) is 39.0 Å². The third kappa shape index (κ3) is 4.15. The fraction of sp³-hybridized carbons (Fsp3) is 0.533. The molecule has 18 heavy (non-hydrogen) atoms. The molecule has 0 spiro atoms. The van der Waals surface area contributed by atoms with Gasteiger partial charge in [0, 0.05) is 18.4 Å². The molecule has 0 unspecified atom stereocenters. The lowest BCUT2D eigenvalue weighted by Gasteiger charge is -2.27. The van der Waals surface area contributed by atoms with Crippen molar-refractivity contribution >= 4 is 5.91 Å². The molecule has 0 heterocycles. The maximum atomic E-state index is 11.6. The molecule has 1 amide bonds. The van der Waals surface area contributed by atoms with E-state index in [4.69, 9.17) is 5.73 Å². The van der Waals surface area contributed by atoms with Crippen molar-refractivity contribution in [3.05, 3.63) is 35.4 Å². The summed E-state index contributed by atoms with van der Waals surface area (Å²) >= 11 is 0. The number of carbonyl (C=O) groups is 1. The van der Waals surface area contributed by atoms with Crippen LogP contribution in [0, 0.1) is 6.92 Å². The zero-order valence-electron chi connectivity index (χ0n) is 11.6. The number of rotatable bonds is 6. The van der Waals surface area contributed by atoms with E-state index in [1.54, 1.807) is 0 Å². The summed E-state index contributed by atoms with van der Waals surface area (Å²) in [6, 6.07) is 8.31. The van der Waals surface area contributed by atoms with Crippen molar-refractivity contribution < 1.29 is 4.79 Å². The molecule has 0 aliphatic rings. The normalized spacial score (nSPS) is 11.3. The molecule has 0 fully saturated rings. The first-order valence-corrected chi connectivity index (χ1v) is 6.50. The summed E-state index contributed by atoms with van der Waals surface area (Å²) in [5.41, 5.74) is 7.88. The van der Waals surface area contributed by atoms with Crippen molar-refractivity contribution in [2.75, 3.05) is 13.1 Å². The van der Waals surface area contributed by atoms with Gasteiger partial charge in [-0.05, 0) is 31.0 Å². The summed E-state index contributed by atoms with van der Waals surface area (Å²) in [6.07, 6.45) is 1.26. The molecule has 0 bridgehead atoms. The topological polar surface area (TPSA) is 55.1 Å². The van der Waals surface area contributed by atoms with Crippen LogP contribution < -0.4 is 11.1 Å². The fourth-order valence-electron chi connectivity index (χ4n) is 2.10. The summed E-state index contributed by atoms with van der Waals surface area (Å²) < 4.78 is 0. The van der Waals surface area contributed by atoms with Crippen LogP contribution in [0.4, 0.5) is 0 Å². The molecule has 1 aromatic carbocycles. The van der Waals surface area contributed by atoms with Crippen molar-refractivity contribution in [1.82, 2.24) is 5.32 Å². The van der Waals surface area contributed by atoms with Crippen LogP contribution in [-0.2, 0) is 10.2 Å². The molecular formula is C15H24N2O. The van der Waals surface area contributed by atoms with E-state index in [2.05, 4.69) is 38.2 Å². The minimum atomic E-state index is -0.0519. The van der Waals surface area contributed by atoms with E-state index in [0.717, 1.165) is 6.42 Å². The standard InChI is InChI=1S/C15H24N2O/c1-12-7-4-5-8-13(12)15(2,3)11-17-14(18)9-6-10-16/h4-5,7-8H,6,9-11,16H2,1-3H3,(H,17,18). The Morgan fingerprint density at radius 2 is 2.00 bits per heavy atom. The molecule has 0 saturated heterocycles. The molecule has 0 atom stereocenters. The Kier molecular flexibility index (Phi) is 5.35. The second-order valence-corrected chi connectivity index (χ2v) is 5.37. The maximum Gasteiger partial charge on any atom is 0.220 e. The van der Waals surface area contributed by atoms with Crippen LogP contribution in [0.25, 0.3) is 0 Å². The predicted molar refractivity (Wildman–Crippen MR) is 75.5 cm³/mol. The van der Waals surface area contributed by atoms with Crippen LogP contribution in [0.2, 0.25) is 0 Å². The second-order valence-electron chi connectivity index (χ2n) is 5.37. The molecule has 1 aromatic rings. The highest BCUT2D eigenvalue weighted by atomic mass is 16.1. The molecule has 100 valence electrons. The minimum absolute atomic E-state index is 0.0519. The summed E-state index contributed by atoms with van der Waals surface area (Å²) in [5.74, 6) is 0.0853. The quantitative estimate of drug-likeness (QED) is 0.810. The summed E-state index contributed by atoms with van der Waals surface area (Å²) in [5, 5.41) is 2.99. The van der Waals surface area contributed by atoms with E-state index in [0.29, 0.717) is 19.5 Å². The van der Waals surface area contributed by atoms with Gasteiger partial charge in [0.2, 0.25) is 5.91 Å². The fourth-order valence-corrected chi connectivity index (χ4v) is 2.10. The molecule has 0 radical (unpaired) electrons. The van der Waals surface area contributed by atoms with Gasteiger partial charge in [0.25, 0.3) is 0 Å². The molecule has 0 aromatic heterocycles. The van der Waals surface area contributed by atoms with Crippen LogP contribution in [0.1, 0.15) is 37.8 Å². The Morgan fingerprint density at radius 1 is 1.33 bits per heavy atom. The van der Waals surface area contributed by atoms with E-state index in [1.807, 2.05) is 12.1 Å². The number of amides is 1. The van der Waals surface area contributed by atoms with Crippen LogP contribution in [-0.4, -0.2) is 19.0 Å². The maximum absolute atomic E-state index is 11.6. The van der Waals surface area contributed by atoms with Gasteiger partial charge in [-0.1, -0.05) is 38.1 Å². The zero-order valence-corrected chi connectivity index (χ0v) is 11.6. The van der Waals surface area contributed by atoms with Gasteiger partial charge in [-0.15, -0.1) is 0 Å².